The van der Waals surface area contributed by atoms with Gasteiger partial charge in [-0.15, -0.1) is 0 Å². The van der Waals surface area contributed by atoms with Crippen LogP contribution in [0.2, 0.25) is 0 Å². The van der Waals surface area contributed by atoms with E-state index in [1.54, 1.807) is 29.2 Å². The van der Waals surface area contributed by atoms with Crippen molar-refractivity contribution in [3.05, 3.63) is 64.1 Å². The third kappa shape index (κ3) is 2.29. The number of hydrogen-bond donors (Lipinski definition) is 3. The fourth-order valence-corrected chi connectivity index (χ4v) is 3.33. The molecule has 5 heterocycles. The van der Waals surface area contributed by atoms with E-state index in [2.05, 4.69) is 30.6 Å². The Bertz CT molecular complexity index is 1460. The van der Waals surface area contributed by atoms with Crippen LogP contribution < -0.4 is 10.9 Å². The van der Waals surface area contributed by atoms with Crippen molar-refractivity contribution >= 4 is 38.9 Å². The molecule has 1 amide bonds. The van der Waals surface area contributed by atoms with Crippen molar-refractivity contribution in [2.75, 3.05) is 5.32 Å². The summed E-state index contributed by atoms with van der Waals surface area (Å²) in [6.45, 7) is 3.70. The topological polar surface area (TPSA) is 121 Å². The second-order valence-electron chi connectivity index (χ2n) is 6.64. The SMILES string of the molecule is Cc1[nH]nc(C(=O)Nc2cnc3c(c2)cc2c4cnccc4c(=O)[nH]n23)c1C. The minimum Gasteiger partial charge on any atom is -0.319 e. The van der Waals surface area contributed by atoms with Crippen LogP contribution >= 0.6 is 0 Å². The van der Waals surface area contributed by atoms with Gasteiger partial charge in [-0.3, -0.25) is 24.8 Å². The molecule has 0 atom stereocenters. The number of nitrogens with zero attached hydrogens (tertiary/aromatic N) is 4. The Morgan fingerprint density at radius 1 is 1.18 bits per heavy atom. The molecule has 0 unspecified atom stereocenters. The van der Waals surface area contributed by atoms with Crippen LogP contribution in [0.25, 0.3) is 27.3 Å². The first-order valence-corrected chi connectivity index (χ1v) is 8.63. The molecule has 3 N–H and O–H groups in total. The monoisotopic (exact) mass is 373 g/mol. The maximum absolute atomic E-state index is 12.5. The van der Waals surface area contributed by atoms with Gasteiger partial charge in [0.2, 0.25) is 0 Å². The van der Waals surface area contributed by atoms with Crippen LogP contribution in [-0.2, 0) is 0 Å². The Kier molecular flexibility index (Phi) is 3.32. The molecule has 5 aromatic heterocycles. The zero-order valence-electron chi connectivity index (χ0n) is 15.1. The lowest BCUT2D eigenvalue weighted by Crippen LogP contribution is -2.14. The maximum Gasteiger partial charge on any atom is 0.276 e. The Labute approximate surface area is 157 Å². The van der Waals surface area contributed by atoms with Crippen molar-refractivity contribution in [1.82, 2.24) is 29.8 Å². The predicted octanol–water partition coefficient (Wildman–Crippen LogP) is 2.32. The van der Waals surface area contributed by atoms with Crippen LogP contribution in [0.5, 0.6) is 0 Å². The van der Waals surface area contributed by atoms with Gasteiger partial charge in [0.05, 0.1) is 22.8 Å². The van der Waals surface area contributed by atoms with E-state index in [4.69, 9.17) is 0 Å². The van der Waals surface area contributed by atoms with Crippen molar-refractivity contribution in [1.29, 1.82) is 0 Å². The Balaban J connectivity index is 1.62. The quantitative estimate of drug-likeness (QED) is 0.438. The number of aromatic nitrogens is 6. The number of amides is 1. The number of anilines is 1. The van der Waals surface area contributed by atoms with Gasteiger partial charge in [-0.05, 0) is 32.0 Å². The molecular formula is C19H15N7O2. The lowest BCUT2D eigenvalue weighted by atomic mass is 10.2. The largest absolute Gasteiger partial charge is 0.319 e. The van der Waals surface area contributed by atoms with E-state index in [1.165, 1.54) is 0 Å². The number of hydrogen-bond acceptors (Lipinski definition) is 5. The van der Waals surface area contributed by atoms with Crippen molar-refractivity contribution in [2.24, 2.45) is 0 Å². The summed E-state index contributed by atoms with van der Waals surface area (Å²) in [7, 11) is 0. The lowest BCUT2D eigenvalue weighted by Gasteiger charge is -2.04. The number of pyridine rings is 2. The summed E-state index contributed by atoms with van der Waals surface area (Å²) >= 11 is 0. The summed E-state index contributed by atoms with van der Waals surface area (Å²) < 4.78 is 1.63. The first-order valence-electron chi connectivity index (χ1n) is 8.63. The number of aromatic amines is 2. The summed E-state index contributed by atoms with van der Waals surface area (Å²) in [5, 5.41) is 14.6. The highest BCUT2D eigenvalue weighted by atomic mass is 16.2. The molecule has 0 radical (unpaired) electrons. The van der Waals surface area contributed by atoms with Crippen LogP contribution in [0.3, 0.4) is 0 Å². The summed E-state index contributed by atoms with van der Waals surface area (Å²) in [6, 6.07) is 5.39. The second kappa shape index (κ2) is 5.74. The number of carbonyl (C=O) groups excluding carboxylic acids is 1. The van der Waals surface area contributed by atoms with Crippen LogP contribution in [0.1, 0.15) is 21.7 Å². The molecule has 0 aliphatic heterocycles. The van der Waals surface area contributed by atoms with E-state index in [0.29, 0.717) is 22.4 Å². The molecule has 0 fully saturated rings. The number of rotatable bonds is 2. The van der Waals surface area contributed by atoms with Crippen LogP contribution in [0.15, 0.2) is 41.6 Å². The molecule has 5 rings (SSSR count). The van der Waals surface area contributed by atoms with Crippen molar-refractivity contribution in [2.45, 2.75) is 13.8 Å². The summed E-state index contributed by atoms with van der Waals surface area (Å²) in [6.07, 6.45) is 4.79. The van der Waals surface area contributed by atoms with Gasteiger partial charge in [-0.2, -0.15) is 5.10 Å². The summed E-state index contributed by atoms with van der Waals surface area (Å²) in [5.41, 5.74) is 3.69. The first-order chi connectivity index (χ1) is 13.5. The average molecular weight is 373 g/mol. The molecule has 28 heavy (non-hydrogen) atoms. The van der Waals surface area contributed by atoms with Gasteiger partial charge in [0.1, 0.15) is 0 Å². The van der Waals surface area contributed by atoms with Crippen LogP contribution in [0.4, 0.5) is 5.69 Å². The highest BCUT2D eigenvalue weighted by molar-refractivity contribution is 6.05. The minimum atomic E-state index is -0.310. The normalized spacial score (nSPS) is 11.5. The fraction of sp³-hybridized carbons (Fsp3) is 0.105. The smallest absolute Gasteiger partial charge is 0.276 e. The molecule has 9 nitrogen and oxygen atoms in total. The van der Waals surface area contributed by atoms with E-state index >= 15 is 0 Å². The Hall–Kier alpha value is -4.01. The van der Waals surface area contributed by atoms with Crippen LogP contribution in [0, 0.1) is 13.8 Å². The molecular weight excluding hydrogens is 358 g/mol. The maximum atomic E-state index is 12.5. The fourth-order valence-electron chi connectivity index (χ4n) is 3.33. The zero-order chi connectivity index (χ0) is 19.4. The highest BCUT2D eigenvalue weighted by Gasteiger charge is 2.16. The molecule has 9 heteroatoms. The van der Waals surface area contributed by atoms with E-state index in [1.807, 2.05) is 26.0 Å². The number of H-pyrrole nitrogens is 2. The molecule has 0 saturated heterocycles. The molecule has 0 spiro atoms. The Morgan fingerprint density at radius 3 is 2.82 bits per heavy atom. The minimum absolute atomic E-state index is 0.217. The third-order valence-corrected chi connectivity index (χ3v) is 4.92. The van der Waals surface area contributed by atoms with Crippen LogP contribution in [-0.4, -0.2) is 35.7 Å². The summed E-state index contributed by atoms with van der Waals surface area (Å²) in [5.74, 6) is -0.310. The van der Waals surface area contributed by atoms with E-state index in [9.17, 15) is 9.59 Å². The van der Waals surface area contributed by atoms with E-state index in [0.717, 1.165) is 27.5 Å². The average Bonchev–Trinajstić information content (AvgIpc) is 3.22. The van der Waals surface area contributed by atoms with Gasteiger partial charge in [0.25, 0.3) is 11.5 Å². The molecule has 0 bridgehead atoms. The number of nitrogens with one attached hydrogen (secondary N) is 3. The van der Waals surface area contributed by atoms with Gasteiger partial charge < -0.3 is 5.32 Å². The van der Waals surface area contributed by atoms with Gasteiger partial charge in [-0.1, -0.05) is 0 Å². The van der Waals surface area contributed by atoms with Gasteiger partial charge >= 0.3 is 0 Å². The lowest BCUT2D eigenvalue weighted by molar-refractivity contribution is 0.102. The first kappa shape index (κ1) is 16.2. The van der Waals surface area contributed by atoms with Crippen molar-refractivity contribution in [3.63, 3.8) is 0 Å². The predicted molar refractivity (Wildman–Crippen MR) is 105 cm³/mol. The molecule has 138 valence electrons. The molecule has 0 saturated carbocycles. The van der Waals surface area contributed by atoms with Gasteiger partial charge in [0.15, 0.2) is 11.3 Å². The standard InChI is InChI=1S/C19H15N7O2/c1-9-10(2)23-24-16(9)19(28)22-12-5-11-6-15-14-8-20-4-3-13(14)18(27)25-26(15)17(11)21-7-12/h3-8H,1-2H3,(H,22,28)(H,23,24)(H,25,27). The zero-order valence-corrected chi connectivity index (χ0v) is 15.1. The van der Waals surface area contributed by atoms with Crippen molar-refractivity contribution < 1.29 is 4.79 Å². The highest BCUT2D eigenvalue weighted by Crippen LogP contribution is 2.24. The third-order valence-electron chi connectivity index (χ3n) is 4.92. The molecule has 0 aliphatic carbocycles. The molecule has 0 aromatic carbocycles. The van der Waals surface area contributed by atoms with Crippen molar-refractivity contribution in [3.8, 4) is 0 Å². The number of fused-ring (bicyclic) bond motifs is 5. The summed E-state index contributed by atoms with van der Waals surface area (Å²) in [4.78, 5) is 33.4. The number of aryl methyl sites for hydroxylation is 1. The van der Waals surface area contributed by atoms with E-state index < -0.39 is 0 Å². The number of carbonyl (C=O) groups is 1. The Morgan fingerprint density at radius 2 is 2.04 bits per heavy atom. The van der Waals surface area contributed by atoms with E-state index in [-0.39, 0.29) is 11.5 Å². The molecule has 5 aromatic rings. The van der Waals surface area contributed by atoms with Gasteiger partial charge in [-0.25, -0.2) is 9.50 Å². The second-order valence-corrected chi connectivity index (χ2v) is 6.64. The van der Waals surface area contributed by atoms with Gasteiger partial charge in [0, 0.05) is 34.4 Å². The molecule has 0 aliphatic rings.